The van der Waals surface area contributed by atoms with Gasteiger partial charge in [-0.1, -0.05) is 30.3 Å². The highest BCUT2D eigenvalue weighted by Gasteiger charge is 2.55. The SMILES string of the molecule is C[C@H]([NH2+]Cc1ccccc1)C(=O)C12CC3CC(CC(C3)C1)C2. The predicted octanol–water partition coefficient (Wildman–Crippen LogP) is 2.92. The van der Waals surface area contributed by atoms with E-state index in [0.29, 0.717) is 5.78 Å². The van der Waals surface area contributed by atoms with Gasteiger partial charge in [-0.2, -0.15) is 0 Å². The largest absolute Gasteiger partial charge is 0.334 e. The highest BCUT2D eigenvalue weighted by atomic mass is 16.1. The van der Waals surface area contributed by atoms with Crippen molar-refractivity contribution in [1.29, 1.82) is 0 Å². The number of carbonyl (C=O) groups excluding carboxylic acids is 1. The summed E-state index contributed by atoms with van der Waals surface area (Å²) >= 11 is 0. The Morgan fingerprint density at radius 1 is 1.09 bits per heavy atom. The van der Waals surface area contributed by atoms with Gasteiger partial charge in [0, 0.05) is 11.0 Å². The highest BCUT2D eigenvalue weighted by molar-refractivity contribution is 5.88. The number of ketones is 1. The van der Waals surface area contributed by atoms with Crippen molar-refractivity contribution in [2.75, 3.05) is 0 Å². The summed E-state index contributed by atoms with van der Waals surface area (Å²) in [6.45, 7) is 3.05. The minimum absolute atomic E-state index is 0.0569. The molecule has 4 aliphatic carbocycles. The molecule has 0 radical (unpaired) electrons. The molecule has 4 bridgehead atoms. The Morgan fingerprint density at radius 2 is 1.64 bits per heavy atom. The monoisotopic (exact) mass is 298 g/mol. The van der Waals surface area contributed by atoms with E-state index in [1.807, 2.05) is 6.07 Å². The molecular weight excluding hydrogens is 270 g/mol. The number of benzene rings is 1. The summed E-state index contributed by atoms with van der Waals surface area (Å²) in [5.74, 6) is 3.13. The summed E-state index contributed by atoms with van der Waals surface area (Å²) in [5, 5.41) is 2.25. The predicted molar refractivity (Wildman–Crippen MR) is 87.1 cm³/mol. The van der Waals surface area contributed by atoms with E-state index in [-0.39, 0.29) is 11.5 Å². The van der Waals surface area contributed by atoms with Gasteiger partial charge in [0.1, 0.15) is 12.6 Å². The molecule has 4 fully saturated rings. The average Bonchev–Trinajstić information content (AvgIpc) is 2.51. The molecule has 0 unspecified atom stereocenters. The summed E-state index contributed by atoms with van der Waals surface area (Å²) in [6, 6.07) is 10.6. The van der Waals surface area contributed by atoms with Crippen LogP contribution in [0.15, 0.2) is 30.3 Å². The van der Waals surface area contributed by atoms with Crippen LogP contribution in [0, 0.1) is 23.2 Å². The second-order valence-corrected chi connectivity index (χ2v) is 8.28. The molecule has 2 heteroatoms. The maximum atomic E-state index is 13.2. The number of quaternary nitrogens is 1. The van der Waals surface area contributed by atoms with Gasteiger partial charge in [0.05, 0.1) is 0 Å². The van der Waals surface area contributed by atoms with Crippen LogP contribution in [-0.4, -0.2) is 11.8 Å². The first-order chi connectivity index (χ1) is 10.6. The Hall–Kier alpha value is -1.15. The summed E-state index contributed by atoms with van der Waals surface area (Å²) < 4.78 is 0. The summed E-state index contributed by atoms with van der Waals surface area (Å²) in [4.78, 5) is 13.2. The molecule has 0 saturated heterocycles. The second kappa shape index (κ2) is 5.49. The molecule has 1 atom stereocenters. The van der Waals surface area contributed by atoms with Crippen LogP contribution >= 0.6 is 0 Å². The maximum absolute atomic E-state index is 13.2. The number of carbonyl (C=O) groups is 1. The maximum Gasteiger partial charge on any atom is 0.195 e. The fraction of sp³-hybridized carbons (Fsp3) is 0.650. The van der Waals surface area contributed by atoms with Gasteiger partial charge in [-0.25, -0.2) is 0 Å². The van der Waals surface area contributed by atoms with Crippen molar-refractivity contribution in [3.05, 3.63) is 35.9 Å². The van der Waals surface area contributed by atoms with Crippen molar-refractivity contribution < 1.29 is 10.1 Å². The summed E-state index contributed by atoms with van der Waals surface area (Å²) in [6.07, 6.45) is 7.82. The first-order valence-electron chi connectivity index (χ1n) is 9.06. The van der Waals surface area contributed by atoms with E-state index in [1.54, 1.807) is 0 Å². The van der Waals surface area contributed by atoms with Gasteiger partial charge in [0.2, 0.25) is 0 Å². The molecule has 5 rings (SSSR count). The van der Waals surface area contributed by atoms with E-state index >= 15 is 0 Å². The van der Waals surface area contributed by atoms with Crippen LogP contribution in [0.2, 0.25) is 0 Å². The van der Waals surface area contributed by atoms with E-state index in [9.17, 15) is 4.79 Å². The Kier molecular flexibility index (Phi) is 3.60. The zero-order valence-electron chi connectivity index (χ0n) is 13.6. The molecular formula is C20H28NO+. The Balaban J connectivity index is 1.43. The molecule has 22 heavy (non-hydrogen) atoms. The fourth-order valence-electron chi connectivity index (χ4n) is 5.93. The van der Waals surface area contributed by atoms with Crippen LogP contribution in [0.4, 0.5) is 0 Å². The minimum atomic E-state index is 0.0569. The molecule has 1 aromatic rings. The average molecular weight is 298 g/mol. The molecule has 4 saturated carbocycles. The molecule has 2 N–H and O–H groups in total. The van der Waals surface area contributed by atoms with Crippen LogP contribution in [0.25, 0.3) is 0 Å². The van der Waals surface area contributed by atoms with E-state index in [4.69, 9.17) is 0 Å². The molecule has 4 aliphatic rings. The quantitative estimate of drug-likeness (QED) is 0.891. The summed E-state index contributed by atoms with van der Waals surface area (Å²) in [7, 11) is 0. The van der Waals surface area contributed by atoms with Crippen molar-refractivity contribution >= 4 is 5.78 Å². The lowest BCUT2D eigenvalue weighted by atomic mass is 9.48. The van der Waals surface area contributed by atoms with Gasteiger partial charge in [-0.15, -0.1) is 0 Å². The first-order valence-corrected chi connectivity index (χ1v) is 9.06. The Morgan fingerprint density at radius 3 is 2.18 bits per heavy atom. The van der Waals surface area contributed by atoms with Gasteiger partial charge in [-0.3, -0.25) is 4.79 Å². The minimum Gasteiger partial charge on any atom is -0.334 e. The Labute approximate surface area is 133 Å². The topological polar surface area (TPSA) is 33.7 Å². The standard InChI is InChI=1S/C20H27NO/c1-14(21-13-15-5-3-2-4-6-15)19(22)20-10-16-7-17(11-20)9-18(8-16)12-20/h2-6,14,16-18,21H,7-13H2,1H3/p+1/t14-,16?,17?,18?,20?/m0/s1. The van der Waals surface area contributed by atoms with E-state index < -0.39 is 0 Å². The van der Waals surface area contributed by atoms with Gasteiger partial charge >= 0.3 is 0 Å². The second-order valence-electron chi connectivity index (χ2n) is 8.28. The molecule has 0 aliphatic heterocycles. The molecule has 2 nitrogen and oxygen atoms in total. The zero-order chi connectivity index (χ0) is 15.2. The fourth-order valence-corrected chi connectivity index (χ4v) is 5.93. The molecule has 1 aromatic carbocycles. The number of Topliss-reactive ketones (excluding diaryl/α,β-unsaturated/α-hetero) is 1. The van der Waals surface area contributed by atoms with E-state index in [1.165, 1.54) is 44.1 Å². The number of nitrogens with two attached hydrogens (primary N) is 1. The lowest BCUT2D eigenvalue weighted by Gasteiger charge is -2.56. The van der Waals surface area contributed by atoms with Crippen LogP contribution in [0.3, 0.4) is 0 Å². The smallest absolute Gasteiger partial charge is 0.195 e. The zero-order valence-corrected chi connectivity index (χ0v) is 13.6. The summed E-state index contributed by atoms with van der Waals surface area (Å²) in [5.41, 5.74) is 1.37. The lowest BCUT2D eigenvalue weighted by Crippen LogP contribution is -2.90. The molecule has 0 heterocycles. The van der Waals surface area contributed by atoms with Gasteiger partial charge in [0.25, 0.3) is 0 Å². The lowest BCUT2D eigenvalue weighted by molar-refractivity contribution is -0.689. The number of rotatable bonds is 5. The third-order valence-electron chi connectivity index (χ3n) is 6.52. The van der Waals surface area contributed by atoms with Crippen molar-refractivity contribution in [2.24, 2.45) is 23.2 Å². The van der Waals surface area contributed by atoms with Crippen molar-refractivity contribution in [2.45, 2.75) is 58.0 Å². The van der Waals surface area contributed by atoms with Crippen LogP contribution in [0.1, 0.15) is 51.0 Å². The van der Waals surface area contributed by atoms with Crippen molar-refractivity contribution in [3.63, 3.8) is 0 Å². The highest BCUT2D eigenvalue weighted by Crippen LogP contribution is 2.60. The molecule has 118 valence electrons. The third kappa shape index (κ3) is 2.52. The Bertz CT molecular complexity index is 515. The van der Waals surface area contributed by atoms with Crippen LogP contribution in [-0.2, 0) is 11.3 Å². The van der Waals surface area contributed by atoms with Gasteiger partial charge in [-0.05, 0) is 63.2 Å². The van der Waals surface area contributed by atoms with Gasteiger partial charge in [0.15, 0.2) is 5.78 Å². The molecule has 0 aromatic heterocycles. The van der Waals surface area contributed by atoms with E-state index in [2.05, 4.69) is 36.5 Å². The molecule has 0 amide bonds. The van der Waals surface area contributed by atoms with Gasteiger partial charge < -0.3 is 5.32 Å². The number of hydrogen-bond donors (Lipinski definition) is 1. The van der Waals surface area contributed by atoms with Crippen LogP contribution < -0.4 is 5.32 Å². The third-order valence-corrected chi connectivity index (χ3v) is 6.52. The van der Waals surface area contributed by atoms with Crippen molar-refractivity contribution in [3.8, 4) is 0 Å². The normalized spacial score (nSPS) is 37.2. The van der Waals surface area contributed by atoms with E-state index in [0.717, 1.165) is 24.3 Å². The van der Waals surface area contributed by atoms with Crippen LogP contribution in [0.5, 0.6) is 0 Å². The number of hydrogen-bond acceptors (Lipinski definition) is 1. The first kappa shape index (κ1) is 14.4. The van der Waals surface area contributed by atoms with Crippen molar-refractivity contribution in [1.82, 2.24) is 0 Å². The molecule has 0 spiro atoms.